The minimum Gasteiger partial charge on any atom is -0.344 e. The summed E-state index contributed by atoms with van der Waals surface area (Å²) in [4.78, 5) is 32.6. The van der Waals surface area contributed by atoms with Gasteiger partial charge in [0.05, 0.1) is 11.4 Å². The maximum atomic E-state index is 4.79. The minimum atomic E-state index is 0.687. The molecule has 18 aromatic rings. The van der Waals surface area contributed by atoms with E-state index in [2.05, 4.69) is 292 Å². The van der Waals surface area contributed by atoms with E-state index in [9.17, 15) is 0 Å². The Morgan fingerprint density at radius 1 is 0.202 bits per heavy atom. The van der Waals surface area contributed by atoms with Crippen molar-refractivity contribution in [2.24, 2.45) is 7.05 Å². The lowest BCUT2D eigenvalue weighted by molar-refractivity contribution is 0.992. The molecular weight excluding hydrogens is 1270 g/mol. The van der Waals surface area contributed by atoms with Crippen LogP contribution >= 0.6 is 0 Å². The zero-order valence-corrected chi connectivity index (χ0v) is 58.8. The Bertz CT molecular complexity index is 5760. The second-order valence-electron chi connectivity index (χ2n) is 25.5. The maximum Gasteiger partial charge on any atom is 0.163 e. The van der Waals surface area contributed by atoms with E-state index in [0.717, 1.165) is 73.4 Å². The van der Waals surface area contributed by atoms with Gasteiger partial charge >= 0.3 is 0 Å². The first-order valence-electron chi connectivity index (χ1n) is 35.0. The van der Waals surface area contributed by atoms with Gasteiger partial charge in [0.2, 0.25) is 0 Å². The van der Waals surface area contributed by atoms with Gasteiger partial charge in [0.15, 0.2) is 23.3 Å². The van der Waals surface area contributed by atoms with Crippen LogP contribution < -0.4 is 0 Å². The van der Waals surface area contributed by atoms with Gasteiger partial charge in [-0.2, -0.15) is 0 Å². The minimum absolute atomic E-state index is 0.687. The van der Waals surface area contributed by atoms with E-state index in [-0.39, 0.29) is 0 Å². The van der Waals surface area contributed by atoms with Gasteiger partial charge in [-0.15, -0.1) is 0 Å². The number of hydrogen-bond donors (Lipinski definition) is 0. The molecule has 0 saturated heterocycles. The molecule has 18 rings (SSSR count). The molecule has 0 bridgehead atoms. The highest BCUT2D eigenvalue weighted by Gasteiger charge is 2.13. The van der Waals surface area contributed by atoms with E-state index in [1.807, 2.05) is 142 Å². The van der Waals surface area contributed by atoms with Gasteiger partial charge in [-0.1, -0.05) is 345 Å². The number of para-hydroxylation sites is 2. The third-order valence-corrected chi connectivity index (χ3v) is 18.1. The van der Waals surface area contributed by atoms with Crippen molar-refractivity contribution < 1.29 is 0 Å². The fraction of sp³-hybridized carbons (Fsp3) is 0.0521. The molecule has 0 aliphatic carbocycles. The average molecular weight is 1340 g/mol. The smallest absolute Gasteiger partial charge is 0.163 e. The van der Waals surface area contributed by atoms with Crippen molar-refractivity contribution in [2.75, 3.05) is 0 Å². The Morgan fingerprint density at radius 2 is 0.529 bits per heavy atom. The SMILES string of the molecule is Cc1cc(-c2ccccc2)nc(-c2ccc(-c3ccccc3)cc2)n1.Cc1cc(-c2ccccc2)nc(-c2ccccc2)n1.Cc1ccc2c(ccc3ccccc32)c1.Cc1nc(-c2ccc(-c3ccccc3)cc2)nc(-c2cccc(-c3ccccc3)c2)n1.Cn1c2ccccc2c2ccccc21. The fourth-order valence-corrected chi connectivity index (χ4v) is 12.8. The number of hydrogen-bond acceptors (Lipinski definition) is 7. The van der Waals surface area contributed by atoms with Crippen LogP contribution in [-0.4, -0.2) is 39.5 Å². The Kier molecular flexibility index (Phi) is 21.0. The zero-order chi connectivity index (χ0) is 71.0. The van der Waals surface area contributed by atoms with Crippen LogP contribution in [0.4, 0.5) is 0 Å². The van der Waals surface area contributed by atoms with Gasteiger partial charge in [-0.05, 0) is 113 Å². The molecule has 0 N–H and O–H groups in total. The maximum absolute atomic E-state index is 4.79. The van der Waals surface area contributed by atoms with Crippen LogP contribution in [0.15, 0.2) is 370 Å². The quantitative estimate of drug-likeness (QED) is 0.133. The summed E-state index contributed by atoms with van der Waals surface area (Å²) in [6.45, 7) is 8.05. The van der Waals surface area contributed by atoms with Crippen molar-refractivity contribution in [3.63, 3.8) is 0 Å². The third kappa shape index (κ3) is 16.4. The second-order valence-corrected chi connectivity index (χ2v) is 25.5. The molecule has 500 valence electrons. The van der Waals surface area contributed by atoms with E-state index in [0.29, 0.717) is 17.5 Å². The fourth-order valence-electron chi connectivity index (χ4n) is 12.8. The molecular formula is C96H76N8. The van der Waals surface area contributed by atoms with Crippen LogP contribution in [0.5, 0.6) is 0 Å². The number of nitrogens with zero attached hydrogens (tertiary/aromatic N) is 8. The molecule has 0 unspecified atom stereocenters. The summed E-state index contributed by atoms with van der Waals surface area (Å²) in [6, 6.07) is 127. The topological polar surface area (TPSA) is 95.2 Å². The van der Waals surface area contributed by atoms with Crippen molar-refractivity contribution in [3.05, 3.63) is 393 Å². The van der Waals surface area contributed by atoms with Crippen LogP contribution in [0.3, 0.4) is 0 Å². The van der Waals surface area contributed by atoms with Gasteiger partial charge in [-0.25, -0.2) is 34.9 Å². The largest absolute Gasteiger partial charge is 0.344 e. The molecule has 104 heavy (non-hydrogen) atoms. The summed E-state index contributed by atoms with van der Waals surface area (Å²) in [5, 5.41) is 8.01. The van der Waals surface area contributed by atoms with Gasteiger partial charge in [0.25, 0.3) is 0 Å². The molecule has 0 amide bonds. The molecule has 14 aromatic carbocycles. The number of benzene rings is 14. The van der Waals surface area contributed by atoms with E-state index >= 15 is 0 Å². The summed E-state index contributed by atoms with van der Waals surface area (Å²) in [5.74, 6) is 3.62. The predicted molar refractivity (Wildman–Crippen MR) is 434 cm³/mol. The Morgan fingerprint density at radius 3 is 1.01 bits per heavy atom. The molecule has 0 atom stereocenters. The normalized spacial score (nSPS) is 10.7. The summed E-state index contributed by atoms with van der Waals surface area (Å²) in [5.41, 5.74) is 21.1. The van der Waals surface area contributed by atoms with Gasteiger partial charge < -0.3 is 4.57 Å². The lowest BCUT2D eigenvalue weighted by Gasteiger charge is -2.08. The first kappa shape index (κ1) is 67.7. The average Bonchev–Trinajstić information content (AvgIpc) is 1.59. The molecule has 4 aromatic heterocycles. The van der Waals surface area contributed by atoms with E-state index in [4.69, 9.17) is 9.97 Å². The molecule has 0 fully saturated rings. The van der Waals surface area contributed by atoms with Crippen molar-refractivity contribution in [1.82, 2.24) is 39.5 Å². The number of aromatic nitrogens is 8. The first-order chi connectivity index (χ1) is 51.1. The molecule has 0 radical (unpaired) electrons. The zero-order valence-electron chi connectivity index (χ0n) is 58.8. The molecule has 0 saturated carbocycles. The number of rotatable bonds is 9. The van der Waals surface area contributed by atoms with Gasteiger partial charge in [-0.3, -0.25) is 0 Å². The molecule has 8 nitrogen and oxygen atoms in total. The van der Waals surface area contributed by atoms with Crippen LogP contribution in [0.2, 0.25) is 0 Å². The molecule has 0 spiro atoms. The number of fused-ring (bicyclic) bond motifs is 6. The van der Waals surface area contributed by atoms with Crippen molar-refractivity contribution >= 4 is 43.4 Å². The van der Waals surface area contributed by atoms with Crippen LogP contribution in [0, 0.1) is 27.7 Å². The van der Waals surface area contributed by atoms with Crippen LogP contribution in [0.25, 0.3) is 145 Å². The lowest BCUT2D eigenvalue weighted by atomic mass is 10.0. The highest BCUT2D eigenvalue weighted by atomic mass is 15.0. The molecule has 0 aliphatic heterocycles. The van der Waals surface area contributed by atoms with E-state index in [1.54, 1.807) is 0 Å². The summed E-state index contributed by atoms with van der Waals surface area (Å²) in [7, 11) is 2.12. The molecule has 8 heteroatoms. The van der Waals surface area contributed by atoms with Gasteiger partial charge in [0, 0.05) is 73.6 Å². The van der Waals surface area contributed by atoms with E-state index in [1.165, 1.54) is 76.7 Å². The molecule has 0 aliphatic rings. The van der Waals surface area contributed by atoms with Gasteiger partial charge in [0.1, 0.15) is 5.82 Å². The van der Waals surface area contributed by atoms with Crippen molar-refractivity contribution in [3.8, 4) is 101 Å². The second kappa shape index (κ2) is 32.3. The van der Waals surface area contributed by atoms with E-state index < -0.39 is 0 Å². The summed E-state index contributed by atoms with van der Waals surface area (Å²) >= 11 is 0. The summed E-state index contributed by atoms with van der Waals surface area (Å²) < 4.78 is 2.24. The van der Waals surface area contributed by atoms with Crippen molar-refractivity contribution in [2.45, 2.75) is 27.7 Å². The highest BCUT2D eigenvalue weighted by molar-refractivity contribution is 6.08. The number of aryl methyl sites for hydroxylation is 5. The monoisotopic (exact) mass is 1340 g/mol. The van der Waals surface area contributed by atoms with Crippen molar-refractivity contribution in [1.29, 1.82) is 0 Å². The van der Waals surface area contributed by atoms with Crippen LogP contribution in [-0.2, 0) is 7.05 Å². The summed E-state index contributed by atoms with van der Waals surface area (Å²) in [6.07, 6.45) is 0. The molecule has 4 heterocycles. The Hall–Kier alpha value is -13.4. The van der Waals surface area contributed by atoms with Crippen LogP contribution in [0.1, 0.15) is 22.8 Å². The predicted octanol–water partition coefficient (Wildman–Crippen LogP) is 24.4. The Balaban J connectivity index is 0.000000113. The first-order valence-corrected chi connectivity index (χ1v) is 35.0. The Labute approximate surface area is 608 Å². The standard InChI is InChI=1S/C28H21N3.C23H18N2.C17H14N2.C15H12.C13H11N/c1-20-29-27(24-17-15-23(16-18-24)21-9-4-2-5-10-21)31-28(30-20)26-14-8-13-25(19-26)22-11-6-3-7-12-22;1-17-16-22(20-10-6-3-7-11-20)25-23(24-17)21-14-12-19(13-15-21)18-8-4-2-5-9-18;1-13-12-16(14-8-4-2-5-9-14)19-17(18-13)15-10-6-3-7-11-15;1-11-6-9-15-13(10-11)8-7-12-4-2-3-5-14(12)15;1-14-12-8-4-2-6-10(12)11-7-3-5-9-13(11)14/h2-19H,1H3;2-16H,1H3;2-12H,1H3;2-10H,1H3;2-9H,1H3. The third-order valence-electron chi connectivity index (χ3n) is 18.1. The highest BCUT2D eigenvalue weighted by Crippen LogP contribution is 2.32. The lowest BCUT2D eigenvalue weighted by Crippen LogP contribution is -1.99.